The molecule has 0 saturated heterocycles. The number of halogens is 3. The molecule has 2 heterocycles. The molecule has 0 aliphatic carbocycles. The molecule has 2 rings (SSSR count). The van der Waals surface area contributed by atoms with Crippen LogP contribution in [-0.2, 0) is 22.7 Å². The third kappa shape index (κ3) is 4.64. The van der Waals surface area contributed by atoms with Crippen molar-refractivity contribution in [1.29, 1.82) is 0 Å². The van der Waals surface area contributed by atoms with Crippen LogP contribution in [0.4, 0.5) is 13.2 Å². The van der Waals surface area contributed by atoms with Crippen LogP contribution in [0.3, 0.4) is 0 Å². The predicted octanol–water partition coefficient (Wildman–Crippen LogP) is 2.75. The molecule has 0 bridgehead atoms. The Morgan fingerprint density at radius 3 is 2.46 bits per heavy atom. The van der Waals surface area contributed by atoms with Crippen LogP contribution < -0.4 is 4.72 Å². The Kier molecular flexibility index (Phi) is 6.12. The summed E-state index contributed by atoms with van der Waals surface area (Å²) in [6, 6.07) is 0.572. The van der Waals surface area contributed by atoms with E-state index in [1.54, 1.807) is 6.92 Å². The SMILES string of the molecule is CC[C@@H](CCNS(=O)(=O)c1cn(CC)nc1C)n1ccc(C(F)(F)F)n1. The third-order valence-corrected chi connectivity index (χ3v) is 5.59. The molecule has 26 heavy (non-hydrogen) atoms. The molecule has 0 spiro atoms. The third-order valence-electron chi connectivity index (χ3n) is 4.03. The second-order valence-corrected chi connectivity index (χ2v) is 7.60. The number of sulfonamides is 1. The number of hydrogen-bond donors (Lipinski definition) is 1. The summed E-state index contributed by atoms with van der Waals surface area (Å²) >= 11 is 0. The molecule has 2 aromatic rings. The van der Waals surface area contributed by atoms with E-state index < -0.39 is 21.9 Å². The molecular formula is C15H22F3N5O2S. The zero-order valence-corrected chi connectivity index (χ0v) is 15.6. The van der Waals surface area contributed by atoms with Gasteiger partial charge in [-0.25, -0.2) is 13.1 Å². The molecule has 7 nitrogen and oxygen atoms in total. The Balaban J connectivity index is 2.02. The maximum Gasteiger partial charge on any atom is 0.435 e. The minimum Gasteiger partial charge on any atom is -0.271 e. The van der Waals surface area contributed by atoms with Crippen molar-refractivity contribution in [3.8, 4) is 0 Å². The Hall–Kier alpha value is -1.88. The van der Waals surface area contributed by atoms with E-state index in [0.717, 1.165) is 6.07 Å². The van der Waals surface area contributed by atoms with E-state index in [2.05, 4.69) is 14.9 Å². The minimum absolute atomic E-state index is 0.0821. The monoisotopic (exact) mass is 393 g/mol. The van der Waals surface area contributed by atoms with E-state index in [9.17, 15) is 21.6 Å². The lowest BCUT2D eigenvalue weighted by Crippen LogP contribution is -2.27. The first-order valence-corrected chi connectivity index (χ1v) is 9.72. The van der Waals surface area contributed by atoms with Gasteiger partial charge >= 0.3 is 6.18 Å². The van der Waals surface area contributed by atoms with Gasteiger partial charge in [-0.1, -0.05) is 6.92 Å². The van der Waals surface area contributed by atoms with Crippen molar-refractivity contribution < 1.29 is 21.6 Å². The lowest BCUT2D eigenvalue weighted by atomic mass is 10.1. The molecule has 0 amide bonds. The van der Waals surface area contributed by atoms with E-state index in [1.807, 2.05) is 13.8 Å². The lowest BCUT2D eigenvalue weighted by molar-refractivity contribution is -0.141. The van der Waals surface area contributed by atoms with E-state index in [0.29, 0.717) is 25.1 Å². The van der Waals surface area contributed by atoms with Gasteiger partial charge in [0.2, 0.25) is 10.0 Å². The zero-order valence-electron chi connectivity index (χ0n) is 14.8. The normalized spacial score (nSPS) is 13.9. The summed E-state index contributed by atoms with van der Waals surface area (Å²) in [5.41, 5.74) is -0.563. The van der Waals surface area contributed by atoms with Crippen LogP contribution in [-0.4, -0.2) is 34.5 Å². The number of aryl methyl sites for hydroxylation is 2. The van der Waals surface area contributed by atoms with Crippen LogP contribution in [0.15, 0.2) is 23.4 Å². The van der Waals surface area contributed by atoms with Crippen molar-refractivity contribution in [2.75, 3.05) is 6.54 Å². The Morgan fingerprint density at radius 2 is 1.96 bits per heavy atom. The van der Waals surface area contributed by atoms with Crippen LogP contribution in [0.1, 0.15) is 44.1 Å². The summed E-state index contributed by atoms with van der Waals surface area (Å²) in [6.07, 6.45) is -0.940. The highest BCUT2D eigenvalue weighted by atomic mass is 32.2. The highest BCUT2D eigenvalue weighted by Gasteiger charge is 2.34. The molecular weight excluding hydrogens is 371 g/mol. The maximum atomic E-state index is 12.7. The van der Waals surface area contributed by atoms with Crippen LogP contribution in [0, 0.1) is 6.92 Å². The van der Waals surface area contributed by atoms with Gasteiger partial charge in [0.05, 0.1) is 11.7 Å². The van der Waals surface area contributed by atoms with Crippen molar-refractivity contribution in [2.24, 2.45) is 0 Å². The van der Waals surface area contributed by atoms with E-state index in [-0.39, 0.29) is 17.5 Å². The predicted molar refractivity (Wildman–Crippen MR) is 89.0 cm³/mol. The topological polar surface area (TPSA) is 81.8 Å². The number of alkyl halides is 3. The maximum absolute atomic E-state index is 12.7. The molecule has 0 aromatic carbocycles. The average molecular weight is 393 g/mol. The van der Waals surface area contributed by atoms with Crippen molar-refractivity contribution >= 4 is 10.0 Å². The summed E-state index contributed by atoms with van der Waals surface area (Å²) in [4.78, 5) is 0.103. The van der Waals surface area contributed by atoms with Gasteiger partial charge in [0.25, 0.3) is 0 Å². The molecule has 0 radical (unpaired) electrons. The molecule has 1 atom stereocenters. The van der Waals surface area contributed by atoms with E-state index >= 15 is 0 Å². The van der Waals surface area contributed by atoms with Crippen LogP contribution in [0.5, 0.6) is 0 Å². The van der Waals surface area contributed by atoms with Crippen molar-refractivity contribution in [3.63, 3.8) is 0 Å². The first kappa shape index (κ1) is 20.4. The summed E-state index contributed by atoms with van der Waals surface area (Å²) in [5.74, 6) is 0. The molecule has 0 aliphatic heterocycles. The van der Waals surface area contributed by atoms with Gasteiger partial charge in [-0.05, 0) is 32.8 Å². The number of hydrogen-bond acceptors (Lipinski definition) is 4. The average Bonchev–Trinajstić information content (AvgIpc) is 3.18. The highest BCUT2D eigenvalue weighted by Crippen LogP contribution is 2.28. The molecule has 146 valence electrons. The fourth-order valence-corrected chi connectivity index (χ4v) is 3.81. The highest BCUT2D eigenvalue weighted by molar-refractivity contribution is 7.89. The molecule has 11 heteroatoms. The first-order chi connectivity index (χ1) is 12.1. The lowest BCUT2D eigenvalue weighted by Gasteiger charge is -2.16. The van der Waals surface area contributed by atoms with Gasteiger partial charge in [-0.3, -0.25) is 9.36 Å². The molecule has 0 saturated carbocycles. The number of rotatable bonds is 8. The van der Waals surface area contributed by atoms with E-state index in [1.165, 1.54) is 21.8 Å². The fraction of sp³-hybridized carbons (Fsp3) is 0.600. The van der Waals surface area contributed by atoms with Gasteiger partial charge in [-0.2, -0.15) is 23.4 Å². The van der Waals surface area contributed by atoms with Gasteiger partial charge in [0, 0.05) is 25.5 Å². The number of nitrogens with zero attached hydrogens (tertiary/aromatic N) is 4. The first-order valence-electron chi connectivity index (χ1n) is 8.24. The molecule has 0 aliphatic rings. The standard InChI is InChI=1S/C15H22F3N5O2S/c1-4-12(23-9-7-14(21-23)15(16,17)18)6-8-19-26(24,25)13-10-22(5-2)20-11(13)3/h7,9-10,12,19H,4-6,8H2,1-3H3/t12-/m0/s1. The molecule has 2 aromatic heterocycles. The number of aromatic nitrogens is 4. The summed E-state index contributed by atoms with van der Waals surface area (Å²) in [5, 5.41) is 7.66. The Labute approximate surface area is 150 Å². The minimum atomic E-state index is -4.50. The molecule has 0 unspecified atom stereocenters. The van der Waals surface area contributed by atoms with Gasteiger partial charge in [0.1, 0.15) is 4.90 Å². The van der Waals surface area contributed by atoms with E-state index in [4.69, 9.17) is 0 Å². The van der Waals surface area contributed by atoms with Gasteiger partial charge in [0.15, 0.2) is 5.69 Å². The van der Waals surface area contributed by atoms with Crippen molar-refractivity contribution in [3.05, 3.63) is 29.8 Å². The van der Waals surface area contributed by atoms with Crippen LogP contribution in [0.25, 0.3) is 0 Å². The summed E-state index contributed by atoms with van der Waals surface area (Å²) in [6.45, 7) is 5.90. The molecule has 1 N–H and O–H groups in total. The van der Waals surface area contributed by atoms with Crippen LogP contribution in [0.2, 0.25) is 0 Å². The summed E-state index contributed by atoms with van der Waals surface area (Å²) in [7, 11) is -3.73. The Morgan fingerprint density at radius 1 is 1.27 bits per heavy atom. The van der Waals surface area contributed by atoms with Crippen molar-refractivity contribution in [1.82, 2.24) is 24.3 Å². The number of nitrogens with one attached hydrogen (secondary N) is 1. The zero-order chi connectivity index (χ0) is 19.5. The van der Waals surface area contributed by atoms with Gasteiger partial charge < -0.3 is 0 Å². The smallest absolute Gasteiger partial charge is 0.271 e. The van der Waals surface area contributed by atoms with Crippen molar-refractivity contribution in [2.45, 2.75) is 57.3 Å². The fourth-order valence-electron chi connectivity index (χ4n) is 2.58. The van der Waals surface area contributed by atoms with Crippen LogP contribution >= 0.6 is 0 Å². The summed E-state index contributed by atoms with van der Waals surface area (Å²) < 4.78 is 68.0. The second kappa shape index (κ2) is 7.78. The second-order valence-electron chi connectivity index (χ2n) is 5.86. The quantitative estimate of drug-likeness (QED) is 0.748. The Bertz CT molecular complexity index is 842. The van der Waals surface area contributed by atoms with Gasteiger partial charge in [-0.15, -0.1) is 0 Å². The largest absolute Gasteiger partial charge is 0.435 e. The molecule has 0 fully saturated rings.